The Kier molecular flexibility index (Phi) is 7.99. The number of piperidine rings is 1. The highest BCUT2D eigenvalue weighted by Gasteiger charge is 2.32. The molecule has 3 aliphatic rings. The van der Waals surface area contributed by atoms with E-state index in [0.717, 1.165) is 51.2 Å². The van der Waals surface area contributed by atoms with Crippen LogP contribution in [-0.2, 0) is 24.2 Å². The van der Waals surface area contributed by atoms with Crippen LogP contribution in [0.5, 0.6) is 5.75 Å². The highest BCUT2D eigenvalue weighted by Crippen LogP contribution is 2.28. The molecule has 2 aromatic rings. The lowest BCUT2D eigenvalue weighted by molar-refractivity contribution is -0.127. The Morgan fingerprint density at radius 2 is 1.97 bits per heavy atom. The van der Waals surface area contributed by atoms with Crippen molar-refractivity contribution >= 4 is 5.91 Å². The van der Waals surface area contributed by atoms with Crippen molar-refractivity contribution in [3.05, 3.63) is 59.4 Å². The smallest absolute Gasteiger partial charge is 0.224 e. The van der Waals surface area contributed by atoms with E-state index in [1.807, 2.05) is 12.4 Å². The number of carbonyl (C=O) groups is 1. The van der Waals surface area contributed by atoms with Gasteiger partial charge in [-0.05, 0) is 99.5 Å². The van der Waals surface area contributed by atoms with Crippen LogP contribution in [0.3, 0.4) is 0 Å². The van der Waals surface area contributed by atoms with Crippen molar-refractivity contribution in [2.24, 2.45) is 11.8 Å². The molecule has 1 amide bonds. The van der Waals surface area contributed by atoms with Crippen LogP contribution >= 0.6 is 0 Å². The summed E-state index contributed by atoms with van der Waals surface area (Å²) < 4.78 is 6.28. The van der Waals surface area contributed by atoms with Crippen molar-refractivity contribution in [2.45, 2.75) is 57.5 Å². The van der Waals surface area contributed by atoms with Gasteiger partial charge in [0.25, 0.3) is 0 Å². The van der Waals surface area contributed by atoms with Crippen LogP contribution in [-0.4, -0.2) is 66.6 Å². The Balaban J connectivity index is 1.19. The van der Waals surface area contributed by atoms with Crippen LogP contribution < -0.4 is 10.1 Å². The molecule has 0 saturated carbocycles. The van der Waals surface area contributed by atoms with Gasteiger partial charge in [0.15, 0.2) is 0 Å². The fourth-order valence-corrected chi connectivity index (χ4v) is 6.19. The predicted octanol–water partition coefficient (Wildman–Crippen LogP) is 3.69. The fraction of sp³-hybridized carbons (Fsp3) is 0.586. The number of likely N-dealkylation sites (tertiary alicyclic amines) is 2. The van der Waals surface area contributed by atoms with E-state index in [9.17, 15) is 4.79 Å². The van der Waals surface area contributed by atoms with Gasteiger partial charge in [0.2, 0.25) is 5.91 Å². The Hall–Kier alpha value is -2.44. The quantitative estimate of drug-likeness (QED) is 0.598. The monoisotopic (exact) mass is 476 g/mol. The highest BCUT2D eigenvalue weighted by atomic mass is 16.5. The van der Waals surface area contributed by atoms with E-state index in [1.54, 1.807) is 0 Å². The van der Waals surface area contributed by atoms with Crippen molar-refractivity contribution in [3.8, 4) is 5.75 Å². The number of rotatable bonds is 9. The van der Waals surface area contributed by atoms with Crippen molar-refractivity contribution in [2.75, 3.05) is 39.8 Å². The van der Waals surface area contributed by atoms with E-state index in [4.69, 9.17) is 4.74 Å². The minimum atomic E-state index is 0.000477. The molecule has 2 saturated heterocycles. The SMILES string of the molecule is CN1CCCC1CCNC(=O)[C@@H]1C[C@H](COc2ccc3c(c2)CCC3)CN(Cc2ccncc2)C1. The Labute approximate surface area is 210 Å². The zero-order valence-corrected chi connectivity index (χ0v) is 21.1. The van der Waals surface area contributed by atoms with Gasteiger partial charge in [0, 0.05) is 50.5 Å². The zero-order chi connectivity index (χ0) is 24.0. The predicted molar refractivity (Wildman–Crippen MR) is 138 cm³/mol. The Morgan fingerprint density at radius 3 is 2.80 bits per heavy atom. The maximum Gasteiger partial charge on any atom is 0.224 e. The third-order valence-corrected chi connectivity index (χ3v) is 8.14. The van der Waals surface area contributed by atoms with Crippen LogP contribution in [0.2, 0.25) is 0 Å². The number of nitrogens with zero attached hydrogens (tertiary/aromatic N) is 3. The molecule has 0 bridgehead atoms. The number of amides is 1. The number of hydrogen-bond acceptors (Lipinski definition) is 5. The van der Waals surface area contributed by atoms with Crippen molar-refractivity contribution < 1.29 is 9.53 Å². The molecule has 3 atom stereocenters. The number of benzene rings is 1. The Bertz CT molecular complexity index is 982. The second-order valence-electron chi connectivity index (χ2n) is 10.8. The molecule has 6 nitrogen and oxygen atoms in total. The summed E-state index contributed by atoms with van der Waals surface area (Å²) >= 11 is 0. The molecule has 5 rings (SSSR count). The molecule has 188 valence electrons. The fourth-order valence-electron chi connectivity index (χ4n) is 6.19. The van der Waals surface area contributed by atoms with Gasteiger partial charge in [-0.3, -0.25) is 14.7 Å². The summed E-state index contributed by atoms with van der Waals surface area (Å²) in [6.45, 7) is 5.19. The maximum absolute atomic E-state index is 13.2. The lowest BCUT2D eigenvalue weighted by Gasteiger charge is -2.37. The van der Waals surface area contributed by atoms with Gasteiger partial charge in [-0.25, -0.2) is 0 Å². The molecule has 1 aromatic heterocycles. The van der Waals surface area contributed by atoms with Crippen molar-refractivity contribution in [1.29, 1.82) is 0 Å². The number of nitrogens with one attached hydrogen (secondary N) is 1. The average Bonchev–Trinajstić information content (AvgIpc) is 3.51. The first kappa shape index (κ1) is 24.3. The van der Waals surface area contributed by atoms with Crippen LogP contribution in [0.15, 0.2) is 42.7 Å². The summed E-state index contributed by atoms with van der Waals surface area (Å²) in [5, 5.41) is 3.26. The van der Waals surface area contributed by atoms with Crippen LogP contribution in [0.25, 0.3) is 0 Å². The van der Waals surface area contributed by atoms with E-state index in [1.165, 1.54) is 48.9 Å². The number of pyridine rings is 1. The number of aryl methyl sites for hydroxylation is 2. The van der Waals surface area contributed by atoms with E-state index < -0.39 is 0 Å². The summed E-state index contributed by atoms with van der Waals surface area (Å²) in [7, 11) is 2.20. The first-order valence-corrected chi connectivity index (χ1v) is 13.5. The van der Waals surface area contributed by atoms with Crippen LogP contribution in [0.4, 0.5) is 0 Å². The van der Waals surface area contributed by atoms with Gasteiger partial charge in [0.1, 0.15) is 5.75 Å². The zero-order valence-electron chi connectivity index (χ0n) is 21.1. The van der Waals surface area contributed by atoms with E-state index >= 15 is 0 Å². The third-order valence-electron chi connectivity index (χ3n) is 8.14. The molecule has 35 heavy (non-hydrogen) atoms. The number of ether oxygens (including phenoxy) is 1. The van der Waals surface area contributed by atoms with E-state index in [2.05, 4.69) is 57.5 Å². The molecule has 2 aliphatic heterocycles. The molecule has 3 heterocycles. The second-order valence-corrected chi connectivity index (χ2v) is 10.8. The van der Waals surface area contributed by atoms with Crippen LogP contribution in [0.1, 0.15) is 48.8 Å². The normalized spacial score (nSPS) is 24.9. The largest absolute Gasteiger partial charge is 0.493 e. The van der Waals surface area contributed by atoms with Gasteiger partial charge in [0.05, 0.1) is 12.5 Å². The number of hydrogen-bond donors (Lipinski definition) is 1. The minimum absolute atomic E-state index is 0.000477. The first-order valence-electron chi connectivity index (χ1n) is 13.5. The summed E-state index contributed by atoms with van der Waals surface area (Å²) in [5.41, 5.74) is 4.15. The van der Waals surface area contributed by atoms with Gasteiger partial charge >= 0.3 is 0 Å². The number of carbonyl (C=O) groups excluding carboxylic acids is 1. The molecule has 1 aliphatic carbocycles. The summed E-state index contributed by atoms with van der Waals surface area (Å²) in [4.78, 5) is 22.2. The number of fused-ring (bicyclic) bond motifs is 1. The summed E-state index contributed by atoms with van der Waals surface area (Å²) in [6, 6.07) is 11.3. The average molecular weight is 477 g/mol. The van der Waals surface area contributed by atoms with Gasteiger partial charge in [-0.2, -0.15) is 0 Å². The molecule has 0 spiro atoms. The lowest BCUT2D eigenvalue weighted by atomic mass is 9.88. The van der Waals surface area contributed by atoms with Crippen LogP contribution in [0, 0.1) is 11.8 Å². The molecule has 1 N–H and O–H groups in total. The maximum atomic E-state index is 13.2. The molecular weight excluding hydrogens is 436 g/mol. The second kappa shape index (κ2) is 11.5. The summed E-state index contributed by atoms with van der Waals surface area (Å²) in [6.07, 6.45) is 11.7. The van der Waals surface area contributed by atoms with E-state index in [-0.39, 0.29) is 11.8 Å². The van der Waals surface area contributed by atoms with Crippen molar-refractivity contribution in [3.63, 3.8) is 0 Å². The highest BCUT2D eigenvalue weighted by molar-refractivity contribution is 5.79. The summed E-state index contributed by atoms with van der Waals surface area (Å²) in [5.74, 6) is 1.50. The molecule has 2 fully saturated rings. The Morgan fingerprint density at radius 1 is 1.11 bits per heavy atom. The van der Waals surface area contributed by atoms with Gasteiger partial charge < -0.3 is 15.0 Å². The molecule has 1 unspecified atom stereocenters. The topological polar surface area (TPSA) is 57.7 Å². The number of aromatic nitrogens is 1. The van der Waals surface area contributed by atoms with Gasteiger partial charge in [-0.1, -0.05) is 6.07 Å². The minimum Gasteiger partial charge on any atom is -0.493 e. The standard InChI is InChI=1S/C29H40N4O2/c1-32-15-3-6-27(32)11-14-31-29(34)26-16-23(19-33(20-26)18-22-9-12-30-13-10-22)21-35-28-8-7-24-4-2-5-25(24)17-28/h7-10,12-13,17,23,26-27H,2-6,11,14-16,18-21H2,1H3,(H,31,34)/t23-,26+,27?/m0/s1. The molecular formula is C29H40N4O2. The lowest BCUT2D eigenvalue weighted by Crippen LogP contribution is -2.47. The molecule has 0 radical (unpaired) electrons. The first-order chi connectivity index (χ1) is 17.1. The van der Waals surface area contributed by atoms with Gasteiger partial charge in [-0.15, -0.1) is 0 Å². The van der Waals surface area contributed by atoms with E-state index in [0.29, 0.717) is 18.6 Å². The molecule has 6 heteroatoms. The van der Waals surface area contributed by atoms with Crippen molar-refractivity contribution in [1.82, 2.24) is 20.1 Å². The molecule has 1 aromatic carbocycles. The third kappa shape index (κ3) is 6.42.